The Labute approximate surface area is 101 Å². The van der Waals surface area contributed by atoms with E-state index in [0.717, 1.165) is 11.3 Å². The van der Waals surface area contributed by atoms with Crippen LogP contribution in [0.1, 0.15) is 19.4 Å². The van der Waals surface area contributed by atoms with E-state index in [9.17, 15) is 0 Å². The first-order valence-corrected chi connectivity index (χ1v) is 5.66. The zero-order valence-corrected chi connectivity index (χ0v) is 10.3. The van der Waals surface area contributed by atoms with E-state index in [4.69, 9.17) is 14.2 Å². The molecule has 0 saturated carbocycles. The summed E-state index contributed by atoms with van der Waals surface area (Å²) in [6.07, 6.45) is 1.17. The number of hydrogen-bond donors (Lipinski definition) is 0. The van der Waals surface area contributed by atoms with Gasteiger partial charge in [0, 0.05) is 12.2 Å². The maximum absolute atomic E-state index is 5.61. The van der Waals surface area contributed by atoms with Gasteiger partial charge in [-0.2, -0.15) is 0 Å². The minimum Gasteiger partial charge on any atom is -0.497 e. The number of aliphatic imine (C=N–C) groups is 1. The number of rotatable bonds is 4. The molecule has 2 atom stereocenters. The Balaban J connectivity index is 2.24. The van der Waals surface area contributed by atoms with Crippen LogP contribution in [0.5, 0.6) is 5.75 Å². The predicted octanol–water partition coefficient (Wildman–Crippen LogP) is 2.33. The van der Waals surface area contributed by atoms with E-state index in [1.54, 1.807) is 7.11 Å². The summed E-state index contributed by atoms with van der Waals surface area (Å²) in [5, 5.41) is 0. The van der Waals surface area contributed by atoms with Crippen molar-refractivity contribution in [1.29, 1.82) is 0 Å². The van der Waals surface area contributed by atoms with Crippen molar-refractivity contribution in [2.75, 3.05) is 13.7 Å². The molecule has 0 saturated heterocycles. The summed E-state index contributed by atoms with van der Waals surface area (Å²) in [7, 11) is 1.65. The van der Waals surface area contributed by atoms with Crippen molar-refractivity contribution in [1.82, 2.24) is 0 Å². The van der Waals surface area contributed by atoms with Crippen LogP contribution in [0.2, 0.25) is 0 Å². The SMILES string of the molecule is CCO[C@@H]1N=CO[C@]1(C)c1ccc(OC)cc1. The van der Waals surface area contributed by atoms with Crippen LogP contribution < -0.4 is 4.74 Å². The highest BCUT2D eigenvalue weighted by Crippen LogP contribution is 2.35. The molecule has 0 fully saturated rings. The topological polar surface area (TPSA) is 40.0 Å². The van der Waals surface area contributed by atoms with Gasteiger partial charge in [-0.25, -0.2) is 4.99 Å². The molecule has 1 heterocycles. The monoisotopic (exact) mass is 235 g/mol. The van der Waals surface area contributed by atoms with E-state index in [2.05, 4.69) is 4.99 Å². The van der Waals surface area contributed by atoms with E-state index < -0.39 is 5.60 Å². The van der Waals surface area contributed by atoms with Gasteiger partial charge in [0.05, 0.1) is 7.11 Å². The Morgan fingerprint density at radius 1 is 1.35 bits per heavy atom. The molecule has 1 aromatic carbocycles. The molecule has 0 unspecified atom stereocenters. The lowest BCUT2D eigenvalue weighted by atomic mass is 9.94. The molecule has 2 rings (SSSR count). The Morgan fingerprint density at radius 3 is 2.65 bits per heavy atom. The summed E-state index contributed by atoms with van der Waals surface area (Å²) in [5.41, 5.74) is 0.469. The van der Waals surface area contributed by atoms with Crippen LogP contribution in [-0.4, -0.2) is 26.3 Å². The zero-order valence-electron chi connectivity index (χ0n) is 10.3. The molecule has 0 aromatic heterocycles. The predicted molar refractivity (Wildman–Crippen MR) is 65.3 cm³/mol. The van der Waals surface area contributed by atoms with Crippen molar-refractivity contribution in [2.24, 2.45) is 4.99 Å². The molecule has 0 bridgehead atoms. The molecule has 1 aromatic rings. The third-order valence-corrected chi connectivity index (χ3v) is 2.95. The molecule has 0 spiro atoms. The molecule has 4 heteroatoms. The number of ether oxygens (including phenoxy) is 3. The molecule has 4 nitrogen and oxygen atoms in total. The van der Waals surface area contributed by atoms with Gasteiger partial charge in [0.15, 0.2) is 18.2 Å². The lowest BCUT2D eigenvalue weighted by Gasteiger charge is -2.29. The number of methoxy groups -OCH3 is 1. The van der Waals surface area contributed by atoms with Crippen LogP contribution in [0, 0.1) is 0 Å². The molecule has 1 aliphatic heterocycles. The quantitative estimate of drug-likeness (QED) is 0.804. The fraction of sp³-hybridized carbons (Fsp3) is 0.462. The molecule has 0 amide bonds. The minimum absolute atomic E-state index is 0.291. The van der Waals surface area contributed by atoms with Gasteiger partial charge < -0.3 is 14.2 Å². The summed E-state index contributed by atoms with van der Waals surface area (Å²) in [6, 6.07) is 7.76. The molecular weight excluding hydrogens is 218 g/mol. The molecule has 17 heavy (non-hydrogen) atoms. The van der Waals surface area contributed by atoms with Gasteiger partial charge in [-0.05, 0) is 26.0 Å². The van der Waals surface area contributed by atoms with E-state index >= 15 is 0 Å². The Hall–Kier alpha value is -1.55. The minimum atomic E-state index is -0.553. The van der Waals surface area contributed by atoms with Gasteiger partial charge in [-0.15, -0.1) is 0 Å². The van der Waals surface area contributed by atoms with E-state index in [-0.39, 0.29) is 6.23 Å². The van der Waals surface area contributed by atoms with Gasteiger partial charge in [0.25, 0.3) is 0 Å². The smallest absolute Gasteiger partial charge is 0.195 e. The van der Waals surface area contributed by atoms with Crippen LogP contribution >= 0.6 is 0 Å². The molecule has 0 aliphatic carbocycles. The van der Waals surface area contributed by atoms with Gasteiger partial charge in [-0.3, -0.25) is 0 Å². The highest BCUT2D eigenvalue weighted by Gasteiger charge is 2.41. The van der Waals surface area contributed by atoms with Gasteiger partial charge in [-0.1, -0.05) is 12.1 Å². The second-order valence-corrected chi connectivity index (χ2v) is 4.02. The van der Waals surface area contributed by atoms with Gasteiger partial charge in [0.2, 0.25) is 0 Å². The number of benzene rings is 1. The van der Waals surface area contributed by atoms with Crippen LogP contribution in [0.4, 0.5) is 0 Å². The fourth-order valence-electron chi connectivity index (χ4n) is 1.89. The van der Waals surface area contributed by atoms with Crippen LogP contribution in [-0.2, 0) is 15.1 Å². The molecule has 0 radical (unpaired) electrons. The second kappa shape index (κ2) is 4.75. The van der Waals surface area contributed by atoms with Crippen molar-refractivity contribution in [2.45, 2.75) is 25.7 Å². The summed E-state index contributed by atoms with van der Waals surface area (Å²) in [6.45, 7) is 4.53. The highest BCUT2D eigenvalue weighted by atomic mass is 16.6. The first-order chi connectivity index (χ1) is 8.20. The van der Waals surface area contributed by atoms with Crippen molar-refractivity contribution >= 4 is 6.40 Å². The van der Waals surface area contributed by atoms with E-state index in [0.29, 0.717) is 6.61 Å². The molecule has 0 N–H and O–H groups in total. The molecular formula is C13H17NO3. The molecule has 92 valence electrons. The van der Waals surface area contributed by atoms with Gasteiger partial charge in [0.1, 0.15) is 5.75 Å². The van der Waals surface area contributed by atoms with Gasteiger partial charge >= 0.3 is 0 Å². The molecule has 1 aliphatic rings. The first-order valence-electron chi connectivity index (χ1n) is 5.66. The maximum atomic E-state index is 5.61. The Bertz CT molecular complexity index is 402. The standard InChI is InChI=1S/C13H17NO3/c1-4-16-12-13(2,17-9-14-12)10-5-7-11(15-3)8-6-10/h5-9,12H,4H2,1-3H3/t12-,13+/m0/s1. The number of nitrogens with zero attached hydrogens (tertiary/aromatic N) is 1. The van der Waals surface area contributed by atoms with E-state index in [1.165, 1.54) is 6.40 Å². The van der Waals surface area contributed by atoms with Crippen LogP contribution in [0.15, 0.2) is 29.3 Å². The zero-order chi connectivity index (χ0) is 12.3. The summed E-state index contributed by atoms with van der Waals surface area (Å²) < 4.78 is 16.3. The third-order valence-electron chi connectivity index (χ3n) is 2.95. The largest absolute Gasteiger partial charge is 0.497 e. The normalized spacial score (nSPS) is 26.9. The lowest BCUT2D eigenvalue weighted by Crippen LogP contribution is -2.35. The second-order valence-electron chi connectivity index (χ2n) is 4.02. The average Bonchev–Trinajstić information content (AvgIpc) is 2.73. The summed E-state index contributed by atoms with van der Waals surface area (Å²) in [4.78, 5) is 4.20. The van der Waals surface area contributed by atoms with Crippen LogP contribution in [0.25, 0.3) is 0 Å². The van der Waals surface area contributed by atoms with Crippen molar-refractivity contribution in [3.63, 3.8) is 0 Å². The highest BCUT2D eigenvalue weighted by molar-refractivity contribution is 5.52. The average molecular weight is 235 g/mol. The van der Waals surface area contributed by atoms with Crippen molar-refractivity contribution in [3.05, 3.63) is 29.8 Å². The van der Waals surface area contributed by atoms with Crippen molar-refractivity contribution in [3.8, 4) is 5.75 Å². The van der Waals surface area contributed by atoms with Crippen molar-refractivity contribution < 1.29 is 14.2 Å². The number of hydrogen-bond acceptors (Lipinski definition) is 4. The summed E-state index contributed by atoms with van der Waals surface area (Å²) >= 11 is 0. The third kappa shape index (κ3) is 2.13. The first kappa shape index (κ1) is 11.9. The fourth-order valence-corrected chi connectivity index (χ4v) is 1.89. The maximum Gasteiger partial charge on any atom is 0.195 e. The Kier molecular flexibility index (Phi) is 3.33. The summed E-state index contributed by atoms with van der Waals surface area (Å²) in [5.74, 6) is 0.823. The van der Waals surface area contributed by atoms with Crippen LogP contribution in [0.3, 0.4) is 0 Å². The lowest BCUT2D eigenvalue weighted by molar-refractivity contribution is -0.0615. The Morgan fingerprint density at radius 2 is 2.06 bits per heavy atom. The van der Waals surface area contributed by atoms with E-state index in [1.807, 2.05) is 38.1 Å².